The van der Waals surface area contributed by atoms with Crippen LogP contribution in [-0.2, 0) is 6.54 Å². The quantitative estimate of drug-likeness (QED) is 0.682. The van der Waals surface area contributed by atoms with Gasteiger partial charge in [-0.1, -0.05) is 72.3 Å². The van der Waals surface area contributed by atoms with Crippen LogP contribution in [0.25, 0.3) is 11.1 Å². The van der Waals surface area contributed by atoms with Gasteiger partial charge in [0.05, 0.1) is 0 Å². The highest BCUT2D eigenvalue weighted by Gasteiger charge is 2.05. The van der Waals surface area contributed by atoms with Crippen LogP contribution in [0.2, 0.25) is 0 Å². The third-order valence-corrected chi connectivity index (χ3v) is 3.59. The SMILES string of the molecule is Cc1ccc(NCc2ccccc2)c(-c2ccccc2)c1. The van der Waals surface area contributed by atoms with E-state index in [1.54, 1.807) is 0 Å². The molecule has 0 spiro atoms. The van der Waals surface area contributed by atoms with Crippen molar-refractivity contribution in [1.29, 1.82) is 0 Å². The van der Waals surface area contributed by atoms with E-state index >= 15 is 0 Å². The van der Waals surface area contributed by atoms with E-state index in [1.165, 1.54) is 27.9 Å². The summed E-state index contributed by atoms with van der Waals surface area (Å²) in [4.78, 5) is 0. The second-order valence-electron chi connectivity index (χ2n) is 5.25. The van der Waals surface area contributed by atoms with E-state index in [9.17, 15) is 0 Å². The normalized spacial score (nSPS) is 10.3. The highest BCUT2D eigenvalue weighted by atomic mass is 14.9. The fourth-order valence-electron chi connectivity index (χ4n) is 2.46. The standard InChI is InChI=1S/C20H19N/c1-16-12-13-20(21-15-17-8-4-2-5-9-17)19(14-16)18-10-6-3-7-11-18/h2-14,21H,15H2,1H3. The first-order chi connectivity index (χ1) is 10.3. The number of hydrogen-bond donors (Lipinski definition) is 1. The topological polar surface area (TPSA) is 12.0 Å². The lowest BCUT2D eigenvalue weighted by Gasteiger charge is -2.13. The molecule has 0 saturated carbocycles. The van der Waals surface area contributed by atoms with Gasteiger partial charge in [-0.2, -0.15) is 0 Å². The van der Waals surface area contributed by atoms with E-state index < -0.39 is 0 Å². The molecule has 0 unspecified atom stereocenters. The van der Waals surface area contributed by atoms with Gasteiger partial charge in [0, 0.05) is 17.8 Å². The third kappa shape index (κ3) is 3.32. The smallest absolute Gasteiger partial charge is 0.0422 e. The van der Waals surface area contributed by atoms with Crippen LogP contribution in [0.1, 0.15) is 11.1 Å². The first kappa shape index (κ1) is 13.4. The van der Waals surface area contributed by atoms with Crippen molar-refractivity contribution in [3.05, 3.63) is 90.0 Å². The monoisotopic (exact) mass is 273 g/mol. The van der Waals surface area contributed by atoms with Crippen molar-refractivity contribution >= 4 is 5.69 Å². The maximum atomic E-state index is 3.56. The van der Waals surface area contributed by atoms with E-state index in [0.29, 0.717) is 0 Å². The molecule has 104 valence electrons. The van der Waals surface area contributed by atoms with E-state index in [2.05, 4.69) is 85.0 Å². The molecule has 3 aromatic rings. The minimum atomic E-state index is 0.837. The zero-order chi connectivity index (χ0) is 14.5. The summed E-state index contributed by atoms with van der Waals surface area (Å²) >= 11 is 0. The Balaban J connectivity index is 1.88. The Bertz CT molecular complexity index is 702. The summed E-state index contributed by atoms with van der Waals surface area (Å²) < 4.78 is 0. The molecule has 0 saturated heterocycles. The summed E-state index contributed by atoms with van der Waals surface area (Å²) in [5.41, 5.74) is 6.25. The van der Waals surface area contributed by atoms with Crippen molar-refractivity contribution in [2.45, 2.75) is 13.5 Å². The highest BCUT2D eigenvalue weighted by molar-refractivity contribution is 5.78. The number of rotatable bonds is 4. The highest BCUT2D eigenvalue weighted by Crippen LogP contribution is 2.29. The zero-order valence-electron chi connectivity index (χ0n) is 12.2. The molecule has 0 aliphatic carbocycles. The van der Waals surface area contributed by atoms with Crippen LogP contribution in [0.5, 0.6) is 0 Å². The molecule has 0 aliphatic rings. The van der Waals surface area contributed by atoms with Gasteiger partial charge in [-0.3, -0.25) is 0 Å². The van der Waals surface area contributed by atoms with Gasteiger partial charge >= 0.3 is 0 Å². The van der Waals surface area contributed by atoms with Gasteiger partial charge in [-0.05, 0) is 30.2 Å². The summed E-state index contributed by atoms with van der Waals surface area (Å²) in [7, 11) is 0. The number of aryl methyl sites for hydroxylation is 1. The molecule has 0 amide bonds. The maximum Gasteiger partial charge on any atom is 0.0422 e. The Morgan fingerprint density at radius 2 is 1.43 bits per heavy atom. The summed E-state index contributed by atoms with van der Waals surface area (Å²) in [6.45, 7) is 2.97. The molecule has 0 aliphatic heterocycles. The van der Waals surface area contributed by atoms with Gasteiger partial charge in [0.1, 0.15) is 0 Å². The molecule has 0 radical (unpaired) electrons. The Labute approximate surface area is 126 Å². The molecule has 21 heavy (non-hydrogen) atoms. The molecule has 1 heteroatoms. The van der Waals surface area contributed by atoms with Crippen LogP contribution in [-0.4, -0.2) is 0 Å². The van der Waals surface area contributed by atoms with Gasteiger partial charge in [0.25, 0.3) is 0 Å². The lowest BCUT2D eigenvalue weighted by Crippen LogP contribution is -2.01. The first-order valence-electron chi connectivity index (χ1n) is 7.27. The molecule has 1 N–H and O–H groups in total. The van der Waals surface area contributed by atoms with Crippen molar-refractivity contribution in [2.24, 2.45) is 0 Å². The summed E-state index contributed by atoms with van der Waals surface area (Å²) in [6.07, 6.45) is 0. The number of hydrogen-bond acceptors (Lipinski definition) is 1. The van der Waals surface area contributed by atoms with Crippen LogP contribution < -0.4 is 5.32 Å². The van der Waals surface area contributed by atoms with Gasteiger partial charge in [0.2, 0.25) is 0 Å². The summed E-state index contributed by atoms with van der Waals surface area (Å²) in [5.74, 6) is 0. The van der Waals surface area contributed by atoms with Gasteiger partial charge in [-0.15, -0.1) is 0 Å². The molecular formula is C20H19N. The van der Waals surface area contributed by atoms with Crippen LogP contribution >= 0.6 is 0 Å². The van der Waals surface area contributed by atoms with Crippen molar-refractivity contribution in [3.63, 3.8) is 0 Å². The second kappa shape index (κ2) is 6.27. The average molecular weight is 273 g/mol. The molecule has 3 rings (SSSR count). The zero-order valence-corrected chi connectivity index (χ0v) is 12.2. The van der Waals surface area contributed by atoms with Gasteiger partial charge < -0.3 is 5.32 Å². The third-order valence-electron chi connectivity index (χ3n) is 3.59. The van der Waals surface area contributed by atoms with Crippen LogP contribution in [0.15, 0.2) is 78.9 Å². The molecule has 0 heterocycles. The Kier molecular flexibility index (Phi) is 4.02. The average Bonchev–Trinajstić information content (AvgIpc) is 2.55. The number of anilines is 1. The summed E-state index contributed by atoms with van der Waals surface area (Å²) in [5, 5.41) is 3.56. The fraction of sp³-hybridized carbons (Fsp3) is 0.100. The molecule has 0 atom stereocenters. The largest absolute Gasteiger partial charge is 0.380 e. The Morgan fingerprint density at radius 3 is 2.14 bits per heavy atom. The van der Waals surface area contributed by atoms with Crippen molar-refractivity contribution in [1.82, 2.24) is 0 Å². The van der Waals surface area contributed by atoms with E-state index in [4.69, 9.17) is 0 Å². The first-order valence-corrected chi connectivity index (χ1v) is 7.27. The molecule has 3 aromatic carbocycles. The lowest BCUT2D eigenvalue weighted by atomic mass is 10.0. The maximum absolute atomic E-state index is 3.56. The Hall–Kier alpha value is -2.54. The number of nitrogens with one attached hydrogen (secondary N) is 1. The Morgan fingerprint density at radius 1 is 0.762 bits per heavy atom. The fourth-order valence-corrected chi connectivity index (χ4v) is 2.46. The van der Waals surface area contributed by atoms with E-state index in [0.717, 1.165) is 6.54 Å². The van der Waals surface area contributed by atoms with Gasteiger partial charge in [-0.25, -0.2) is 0 Å². The molecule has 0 aromatic heterocycles. The molecular weight excluding hydrogens is 254 g/mol. The predicted molar refractivity (Wildman–Crippen MR) is 90.4 cm³/mol. The van der Waals surface area contributed by atoms with Crippen LogP contribution in [0.4, 0.5) is 5.69 Å². The molecule has 0 fully saturated rings. The summed E-state index contributed by atoms with van der Waals surface area (Å²) in [6, 6.07) is 27.6. The predicted octanol–water partition coefficient (Wildman–Crippen LogP) is 5.27. The minimum Gasteiger partial charge on any atom is -0.380 e. The van der Waals surface area contributed by atoms with E-state index in [-0.39, 0.29) is 0 Å². The van der Waals surface area contributed by atoms with Crippen molar-refractivity contribution in [2.75, 3.05) is 5.32 Å². The molecule has 1 nitrogen and oxygen atoms in total. The van der Waals surface area contributed by atoms with Gasteiger partial charge in [0.15, 0.2) is 0 Å². The number of benzene rings is 3. The molecule has 0 bridgehead atoms. The second-order valence-corrected chi connectivity index (χ2v) is 5.25. The van der Waals surface area contributed by atoms with E-state index in [1.807, 2.05) is 6.07 Å². The lowest BCUT2D eigenvalue weighted by molar-refractivity contribution is 1.15. The van der Waals surface area contributed by atoms with Crippen LogP contribution in [0, 0.1) is 6.92 Å². The van der Waals surface area contributed by atoms with Crippen molar-refractivity contribution < 1.29 is 0 Å². The van der Waals surface area contributed by atoms with Crippen LogP contribution in [0.3, 0.4) is 0 Å². The van der Waals surface area contributed by atoms with Crippen molar-refractivity contribution in [3.8, 4) is 11.1 Å². The minimum absolute atomic E-state index is 0.837.